The van der Waals surface area contributed by atoms with Crippen molar-refractivity contribution >= 4 is 5.97 Å². The first-order valence-corrected chi connectivity index (χ1v) is 8.82. The second kappa shape index (κ2) is 9.85. The molecular weight excluding hydrogens is 356 g/mol. The third-order valence-corrected chi connectivity index (χ3v) is 3.45. The molecule has 1 aromatic carbocycles. The van der Waals surface area contributed by atoms with Crippen molar-refractivity contribution in [1.82, 2.24) is 4.98 Å². The summed E-state index contributed by atoms with van der Waals surface area (Å²) in [7, 11) is 0. The van der Waals surface area contributed by atoms with Gasteiger partial charge in [-0.15, -0.1) is 0 Å². The molecule has 0 saturated carbocycles. The lowest BCUT2D eigenvalue weighted by atomic mass is 10.1. The van der Waals surface area contributed by atoms with Crippen LogP contribution in [0.15, 0.2) is 30.3 Å². The lowest BCUT2D eigenvalue weighted by molar-refractivity contribution is -0.143. The smallest absolute Gasteiger partial charge is 0.305 e. The molecule has 0 saturated heterocycles. The Labute approximate surface area is 157 Å². The zero-order valence-electron chi connectivity index (χ0n) is 15.6. The van der Waals surface area contributed by atoms with E-state index in [4.69, 9.17) is 14.2 Å². The molecule has 0 atom stereocenters. The first-order chi connectivity index (χ1) is 12.9. The molecule has 0 aliphatic heterocycles. The second-order valence-corrected chi connectivity index (χ2v) is 6.05. The number of carbonyl (C=O) groups excluding carboxylic acids is 1. The van der Waals surface area contributed by atoms with Crippen molar-refractivity contribution in [1.29, 1.82) is 0 Å². The van der Waals surface area contributed by atoms with Gasteiger partial charge < -0.3 is 14.2 Å². The Kier molecular flexibility index (Phi) is 7.52. The van der Waals surface area contributed by atoms with Gasteiger partial charge in [-0.25, -0.2) is 13.8 Å². The van der Waals surface area contributed by atoms with Crippen LogP contribution in [0.5, 0.6) is 11.6 Å². The van der Waals surface area contributed by atoms with Gasteiger partial charge in [0, 0.05) is 18.1 Å². The molecule has 1 aromatic heterocycles. The summed E-state index contributed by atoms with van der Waals surface area (Å²) in [5, 5.41) is 0. The molecular formula is C20H23F2NO4. The maximum absolute atomic E-state index is 14.3. The molecule has 7 heteroatoms. The predicted octanol–water partition coefficient (Wildman–Crippen LogP) is 4.54. The average molecular weight is 379 g/mol. The molecule has 2 rings (SSSR count). The van der Waals surface area contributed by atoms with E-state index in [9.17, 15) is 13.6 Å². The minimum atomic E-state index is -0.835. The van der Waals surface area contributed by atoms with E-state index in [0.717, 1.165) is 12.1 Å². The Balaban J connectivity index is 2.07. The molecule has 0 amide bonds. The van der Waals surface area contributed by atoms with Crippen LogP contribution in [0.25, 0.3) is 11.3 Å². The van der Waals surface area contributed by atoms with Gasteiger partial charge >= 0.3 is 5.97 Å². The summed E-state index contributed by atoms with van der Waals surface area (Å²) in [6, 6.07) is 7.34. The largest absolute Gasteiger partial charge is 0.488 e. The van der Waals surface area contributed by atoms with E-state index in [0.29, 0.717) is 24.6 Å². The number of nitrogens with zero attached hydrogens (tertiary/aromatic N) is 1. The molecule has 2 aromatic rings. The molecule has 0 spiro atoms. The van der Waals surface area contributed by atoms with E-state index in [-0.39, 0.29) is 30.7 Å². The predicted molar refractivity (Wildman–Crippen MR) is 96.7 cm³/mol. The molecule has 5 nitrogen and oxygen atoms in total. The number of halogens is 2. The van der Waals surface area contributed by atoms with Crippen molar-refractivity contribution in [2.45, 2.75) is 39.7 Å². The van der Waals surface area contributed by atoms with E-state index in [1.165, 1.54) is 0 Å². The lowest BCUT2D eigenvalue weighted by Gasteiger charge is -2.12. The van der Waals surface area contributed by atoms with Crippen molar-refractivity contribution in [2.24, 2.45) is 0 Å². The molecule has 0 bridgehead atoms. The van der Waals surface area contributed by atoms with Gasteiger partial charge in [-0.3, -0.25) is 4.79 Å². The van der Waals surface area contributed by atoms with Crippen LogP contribution in [0.3, 0.4) is 0 Å². The Morgan fingerprint density at radius 3 is 2.52 bits per heavy atom. The number of ether oxygens (including phenoxy) is 3. The van der Waals surface area contributed by atoms with Gasteiger partial charge in [0.2, 0.25) is 5.88 Å². The van der Waals surface area contributed by atoms with E-state index >= 15 is 0 Å². The topological polar surface area (TPSA) is 57.7 Å². The van der Waals surface area contributed by atoms with Crippen molar-refractivity contribution in [3.63, 3.8) is 0 Å². The van der Waals surface area contributed by atoms with Crippen molar-refractivity contribution in [3.05, 3.63) is 42.0 Å². The van der Waals surface area contributed by atoms with Crippen molar-refractivity contribution in [2.75, 3.05) is 13.2 Å². The van der Waals surface area contributed by atoms with Gasteiger partial charge in [-0.05, 0) is 45.4 Å². The minimum absolute atomic E-state index is 0.00195. The lowest BCUT2D eigenvalue weighted by Crippen LogP contribution is -2.08. The number of benzene rings is 1. The Hall–Kier alpha value is -2.70. The molecule has 0 radical (unpaired) electrons. The molecule has 146 valence electrons. The van der Waals surface area contributed by atoms with E-state index < -0.39 is 17.4 Å². The zero-order valence-corrected chi connectivity index (χ0v) is 15.6. The molecule has 0 unspecified atom stereocenters. The number of carbonyl (C=O) groups is 1. The zero-order chi connectivity index (χ0) is 19.8. The van der Waals surface area contributed by atoms with Crippen LogP contribution in [0.1, 0.15) is 33.6 Å². The van der Waals surface area contributed by atoms with E-state index in [2.05, 4.69) is 4.98 Å². The fourth-order valence-corrected chi connectivity index (χ4v) is 2.35. The van der Waals surface area contributed by atoms with Gasteiger partial charge in [0.15, 0.2) is 17.4 Å². The van der Waals surface area contributed by atoms with E-state index in [1.54, 1.807) is 25.1 Å². The highest BCUT2D eigenvalue weighted by atomic mass is 19.1. The number of rotatable bonds is 9. The maximum Gasteiger partial charge on any atom is 0.305 e. The SMILES string of the molecule is CCOC(=O)CCCOc1c(F)cc(-c2cccc(OC(C)C)n2)cc1F. The second-order valence-electron chi connectivity index (χ2n) is 6.05. The van der Waals surface area contributed by atoms with E-state index in [1.807, 2.05) is 13.8 Å². The highest BCUT2D eigenvalue weighted by Gasteiger charge is 2.15. The number of hydrogen-bond acceptors (Lipinski definition) is 5. The normalized spacial score (nSPS) is 10.7. The molecule has 1 heterocycles. The number of esters is 1. The summed E-state index contributed by atoms with van der Waals surface area (Å²) in [5.41, 5.74) is 0.665. The third kappa shape index (κ3) is 6.20. The molecule has 0 aliphatic carbocycles. The van der Waals surface area contributed by atoms with Gasteiger partial charge in [-0.1, -0.05) is 6.07 Å². The number of pyridine rings is 1. The third-order valence-electron chi connectivity index (χ3n) is 3.45. The molecule has 27 heavy (non-hydrogen) atoms. The van der Waals surface area contributed by atoms with Crippen LogP contribution in [0.4, 0.5) is 8.78 Å². The number of aromatic nitrogens is 1. The highest BCUT2D eigenvalue weighted by molar-refractivity contribution is 5.69. The van der Waals surface area contributed by atoms with Crippen LogP contribution in [-0.4, -0.2) is 30.3 Å². The van der Waals surface area contributed by atoms with Crippen molar-refractivity contribution in [3.8, 4) is 22.9 Å². The first kappa shape index (κ1) is 20.6. The molecule has 0 N–H and O–H groups in total. The standard InChI is InChI=1S/C20H23F2NO4/c1-4-25-19(24)9-6-10-26-20-15(21)11-14(12-16(20)22)17-7-5-8-18(23-17)27-13(2)3/h5,7-8,11-13H,4,6,9-10H2,1-3H3. The van der Waals surface area contributed by atoms with Crippen LogP contribution in [0.2, 0.25) is 0 Å². The molecule has 0 fully saturated rings. The summed E-state index contributed by atoms with van der Waals surface area (Å²) in [6.45, 7) is 5.73. The monoisotopic (exact) mass is 379 g/mol. The Morgan fingerprint density at radius 2 is 1.89 bits per heavy atom. The average Bonchev–Trinajstić information content (AvgIpc) is 2.60. The van der Waals surface area contributed by atoms with Gasteiger partial charge in [0.05, 0.1) is 25.0 Å². The number of hydrogen-bond donors (Lipinski definition) is 0. The van der Waals surface area contributed by atoms with Crippen LogP contribution in [-0.2, 0) is 9.53 Å². The Morgan fingerprint density at radius 1 is 1.19 bits per heavy atom. The van der Waals surface area contributed by atoms with Gasteiger partial charge in [0.1, 0.15) is 0 Å². The van der Waals surface area contributed by atoms with Crippen LogP contribution < -0.4 is 9.47 Å². The van der Waals surface area contributed by atoms with Gasteiger partial charge in [-0.2, -0.15) is 0 Å². The summed E-state index contributed by atoms with van der Waals surface area (Å²) >= 11 is 0. The minimum Gasteiger partial charge on any atom is -0.488 e. The Bertz CT molecular complexity index is 757. The van der Waals surface area contributed by atoms with Crippen LogP contribution >= 0.6 is 0 Å². The quantitative estimate of drug-likeness (QED) is 0.473. The summed E-state index contributed by atoms with van der Waals surface area (Å²) in [4.78, 5) is 15.5. The summed E-state index contributed by atoms with van der Waals surface area (Å²) in [6.07, 6.45) is 0.365. The fraction of sp³-hybridized carbons (Fsp3) is 0.400. The molecule has 0 aliphatic rings. The van der Waals surface area contributed by atoms with Crippen molar-refractivity contribution < 1.29 is 27.8 Å². The first-order valence-electron chi connectivity index (χ1n) is 8.82. The maximum atomic E-state index is 14.3. The van der Waals surface area contributed by atoms with Crippen LogP contribution in [0, 0.1) is 11.6 Å². The highest BCUT2D eigenvalue weighted by Crippen LogP contribution is 2.29. The van der Waals surface area contributed by atoms with Gasteiger partial charge in [0.25, 0.3) is 0 Å². The summed E-state index contributed by atoms with van der Waals surface area (Å²) < 4.78 is 44.0. The summed E-state index contributed by atoms with van der Waals surface area (Å²) in [5.74, 6) is -2.14. The fourth-order valence-electron chi connectivity index (χ4n) is 2.35.